The van der Waals surface area contributed by atoms with Crippen molar-refractivity contribution in [3.8, 4) is 0 Å². The summed E-state index contributed by atoms with van der Waals surface area (Å²) in [5, 5.41) is 0. The minimum atomic E-state index is -0.110. The van der Waals surface area contributed by atoms with Crippen LogP contribution in [0.15, 0.2) is 11.6 Å². The minimum Gasteiger partial charge on any atom is -0.462 e. The number of ether oxygens (including phenoxy) is 1. The Bertz CT molecular complexity index is 885. The second-order valence-corrected chi connectivity index (χ2v) is 15.3. The lowest BCUT2D eigenvalue weighted by Gasteiger charge is -2.71. The monoisotopic (exact) mass is 468 g/mol. The zero-order valence-corrected chi connectivity index (χ0v) is 23.7. The molecule has 4 saturated carbocycles. The first-order valence-corrected chi connectivity index (χ1v) is 14.6. The van der Waals surface area contributed by atoms with Crippen LogP contribution >= 0.6 is 0 Å². The van der Waals surface area contributed by atoms with Crippen LogP contribution in [0.3, 0.4) is 0 Å². The summed E-state index contributed by atoms with van der Waals surface area (Å²) in [5.74, 6) is 3.66. The summed E-state index contributed by atoms with van der Waals surface area (Å²) in [6, 6.07) is 0. The van der Waals surface area contributed by atoms with Crippen molar-refractivity contribution >= 4 is 5.97 Å². The summed E-state index contributed by atoms with van der Waals surface area (Å²) in [6.45, 7) is 22.1. The lowest BCUT2D eigenvalue weighted by atomic mass is 9.33. The molecule has 2 heteroatoms. The molecular weight excluding hydrogens is 416 g/mol. The maximum atomic E-state index is 11.9. The molecule has 0 radical (unpaired) electrons. The largest absolute Gasteiger partial charge is 0.462 e. The van der Waals surface area contributed by atoms with Crippen LogP contribution in [0.5, 0.6) is 0 Å². The molecule has 0 spiro atoms. The normalized spacial score (nSPS) is 54.0. The predicted molar refractivity (Wildman–Crippen MR) is 140 cm³/mol. The van der Waals surface area contributed by atoms with E-state index in [1.807, 2.05) is 5.57 Å². The number of esters is 1. The summed E-state index contributed by atoms with van der Waals surface area (Å²) in [5.41, 5.74) is 3.44. The van der Waals surface area contributed by atoms with Gasteiger partial charge in [-0.3, -0.25) is 4.79 Å². The van der Waals surface area contributed by atoms with Crippen LogP contribution in [-0.2, 0) is 9.53 Å². The molecular formula is C32H52O2. The summed E-state index contributed by atoms with van der Waals surface area (Å²) in [7, 11) is 0. The molecule has 0 N–H and O–H groups in total. The van der Waals surface area contributed by atoms with Crippen molar-refractivity contribution in [2.45, 2.75) is 126 Å². The highest BCUT2D eigenvalue weighted by molar-refractivity contribution is 5.66. The quantitative estimate of drug-likeness (QED) is 0.284. The van der Waals surface area contributed by atoms with Crippen LogP contribution in [0.25, 0.3) is 0 Å². The predicted octanol–water partition coefficient (Wildman–Crippen LogP) is 8.60. The van der Waals surface area contributed by atoms with Gasteiger partial charge in [-0.1, -0.05) is 67.0 Å². The molecule has 4 fully saturated rings. The van der Waals surface area contributed by atoms with E-state index in [1.54, 1.807) is 6.92 Å². The van der Waals surface area contributed by atoms with Crippen LogP contribution in [0, 0.1) is 56.7 Å². The Morgan fingerprint density at radius 3 is 2.26 bits per heavy atom. The Labute approximate surface area is 210 Å². The van der Waals surface area contributed by atoms with E-state index < -0.39 is 0 Å². The highest BCUT2D eigenvalue weighted by atomic mass is 16.5. The molecule has 5 aliphatic rings. The molecule has 0 bridgehead atoms. The van der Waals surface area contributed by atoms with Crippen molar-refractivity contribution < 1.29 is 9.53 Å². The van der Waals surface area contributed by atoms with Crippen molar-refractivity contribution in [3.63, 3.8) is 0 Å². The third-order valence-corrected chi connectivity index (χ3v) is 13.6. The maximum absolute atomic E-state index is 11.9. The van der Waals surface area contributed by atoms with E-state index in [0.29, 0.717) is 27.6 Å². The van der Waals surface area contributed by atoms with Gasteiger partial charge in [-0.15, -0.1) is 0 Å². The third-order valence-electron chi connectivity index (χ3n) is 13.6. The van der Waals surface area contributed by atoms with E-state index in [-0.39, 0.29) is 17.5 Å². The zero-order chi connectivity index (χ0) is 24.9. The number of hydrogen-bond donors (Lipinski definition) is 0. The highest BCUT2D eigenvalue weighted by Crippen LogP contribution is 2.75. The van der Waals surface area contributed by atoms with Crippen molar-refractivity contribution in [3.05, 3.63) is 11.6 Å². The van der Waals surface area contributed by atoms with Gasteiger partial charge in [0.25, 0.3) is 0 Å². The molecule has 2 nitrogen and oxygen atoms in total. The van der Waals surface area contributed by atoms with E-state index >= 15 is 0 Å². The molecule has 0 aromatic rings. The van der Waals surface area contributed by atoms with Gasteiger partial charge < -0.3 is 4.74 Å². The lowest BCUT2D eigenvalue weighted by molar-refractivity contribution is -0.212. The molecule has 34 heavy (non-hydrogen) atoms. The van der Waals surface area contributed by atoms with E-state index in [4.69, 9.17) is 4.74 Å². The second-order valence-electron chi connectivity index (χ2n) is 15.3. The molecule has 0 heterocycles. The Balaban J connectivity index is 1.54. The van der Waals surface area contributed by atoms with Crippen molar-refractivity contribution in [2.24, 2.45) is 56.7 Å². The minimum absolute atomic E-state index is 0.0450. The van der Waals surface area contributed by atoms with Crippen molar-refractivity contribution in [2.75, 3.05) is 0 Å². The van der Waals surface area contributed by atoms with Gasteiger partial charge in [-0.2, -0.15) is 0 Å². The van der Waals surface area contributed by atoms with Gasteiger partial charge in [0.05, 0.1) is 0 Å². The smallest absolute Gasteiger partial charge is 0.302 e. The van der Waals surface area contributed by atoms with Gasteiger partial charge in [0, 0.05) is 12.3 Å². The highest BCUT2D eigenvalue weighted by Gasteiger charge is 2.68. The average molecular weight is 469 g/mol. The first-order valence-electron chi connectivity index (χ1n) is 14.6. The molecule has 0 aromatic carbocycles. The first-order chi connectivity index (χ1) is 15.7. The van der Waals surface area contributed by atoms with Gasteiger partial charge in [0.15, 0.2) is 0 Å². The van der Waals surface area contributed by atoms with E-state index in [0.717, 1.165) is 30.1 Å². The van der Waals surface area contributed by atoms with Crippen molar-refractivity contribution in [1.82, 2.24) is 0 Å². The van der Waals surface area contributed by atoms with Crippen LogP contribution in [0.1, 0.15) is 120 Å². The van der Waals surface area contributed by atoms with Gasteiger partial charge in [-0.05, 0) is 109 Å². The SMILES string of the molecule is CC(=O)O[C@@H]1CC[C@]2(C)[C@H](CC[C@]3(C)[C@@H]2CC=C2[C@@H]4[C@H](C)[C@H](C)CC[C@]4(C)CC[C@@]23C)C1(C)C. The van der Waals surface area contributed by atoms with E-state index in [9.17, 15) is 4.79 Å². The third kappa shape index (κ3) is 3.08. The second kappa shape index (κ2) is 7.61. The molecule has 0 amide bonds. The van der Waals surface area contributed by atoms with Gasteiger partial charge >= 0.3 is 5.97 Å². The van der Waals surface area contributed by atoms with Crippen LogP contribution in [0.2, 0.25) is 0 Å². The molecule has 0 unspecified atom stereocenters. The van der Waals surface area contributed by atoms with Crippen LogP contribution < -0.4 is 0 Å². The number of hydrogen-bond acceptors (Lipinski definition) is 2. The van der Waals surface area contributed by atoms with E-state index in [2.05, 4.69) is 61.5 Å². The molecule has 0 aromatic heterocycles. The van der Waals surface area contributed by atoms with Crippen LogP contribution in [-0.4, -0.2) is 12.1 Å². The Morgan fingerprint density at radius 1 is 0.882 bits per heavy atom. The molecule has 5 aliphatic carbocycles. The summed E-state index contributed by atoms with van der Waals surface area (Å²) in [4.78, 5) is 11.9. The number of fused-ring (bicyclic) bond motifs is 7. The Hall–Kier alpha value is -0.790. The Morgan fingerprint density at radius 2 is 1.59 bits per heavy atom. The number of allylic oxidation sites excluding steroid dienone is 2. The van der Waals surface area contributed by atoms with Gasteiger partial charge in [-0.25, -0.2) is 0 Å². The molecule has 10 atom stereocenters. The average Bonchev–Trinajstić information content (AvgIpc) is 2.74. The standard InChI is InChI=1S/C32H52O2/c1-20-12-15-29(6)18-19-31(8)23(27(29)21(20)2)10-11-25-30(7)16-14-26(34-22(3)33)28(4,5)24(30)13-17-32(25,31)9/h10,20-21,24-27H,11-19H2,1-9H3/t20-,21-,24-,25-,26-,27+,29-,30-,31+,32-/m1/s1. The van der Waals surface area contributed by atoms with Gasteiger partial charge in [0.2, 0.25) is 0 Å². The summed E-state index contributed by atoms with van der Waals surface area (Å²) >= 11 is 0. The molecule has 5 rings (SSSR count). The maximum Gasteiger partial charge on any atom is 0.302 e. The topological polar surface area (TPSA) is 26.3 Å². The number of carbonyl (C=O) groups excluding carboxylic acids is 1. The summed E-state index contributed by atoms with van der Waals surface area (Å²) in [6.07, 6.45) is 14.6. The molecule has 0 aliphatic heterocycles. The fraction of sp³-hybridized carbons (Fsp3) is 0.906. The fourth-order valence-corrected chi connectivity index (χ4v) is 11.2. The molecule has 0 saturated heterocycles. The van der Waals surface area contributed by atoms with Crippen molar-refractivity contribution in [1.29, 1.82) is 0 Å². The fourth-order valence-electron chi connectivity index (χ4n) is 11.2. The lowest BCUT2D eigenvalue weighted by Crippen LogP contribution is -2.65. The summed E-state index contributed by atoms with van der Waals surface area (Å²) < 4.78 is 5.91. The molecule has 192 valence electrons. The van der Waals surface area contributed by atoms with E-state index in [1.165, 1.54) is 51.4 Å². The van der Waals surface area contributed by atoms with Crippen LogP contribution in [0.4, 0.5) is 0 Å². The first kappa shape index (κ1) is 24.9. The zero-order valence-electron chi connectivity index (χ0n) is 23.7. The Kier molecular flexibility index (Phi) is 5.57. The number of rotatable bonds is 1. The van der Waals surface area contributed by atoms with Gasteiger partial charge in [0.1, 0.15) is 6.10 Å². The number of carbonyl (C=O) groups is 1.